The number of hydrogen-bond donors (Lipinski definition) is 2. The Labute approximate surface area is 209 Å². The molecule has 0 aromatic heterocycles. The van der Waals surface area contributed by atoms with Gasteiger partial charge in [-0.05, 0) is 47.6 Å². The Morgan fingerprint density at radius 1 is 1.03 bits per heavy atom. The van der Waals surface area contributed by atoms with Crippen LogP contribution in [0, 0.1) is 11.7 Å². The van der Waals surface area contributed by atoms with Crippen LogP contribution in [-0.4, -0.2) is 49.1 Å². The van der Waals surface area contributed by atoms with E-state index in [2.05, 4.69) is 5.32 Å². The number of rotatable bonds is 7. The second-order valence-electron chi connectivity index (χ2n) is 9.29. The minimum atomic E-state index is -1.02. The van der Waals surface area contributed by atoms with Gasteiger partial charge in [-0.1, -0.05) is 49.2 Å². The van der Waals surface area contributed by atoms with Crippen molar-refractivity contribution in [3.05, 3.63) is 71.0 Å². The number of ether oxygens (including phenoxy) is 2. The molecule has 0 unspecified atom stereocenters. The third-order valence-corrected chi connectivity index (χ3v) is 6.92. The average molecular weight is 498 g/mol. The minimum Gasteiger partial charge on any atom is -0.445 e. The zero-order chi connectivity index (χ0) is 25.5. The number of hydrogen-bond acceptors (Lipinski definition) is 5. The molecular formula is C27H32FN3O5. The number of nitrogens with zero attached hydrogens (tertiary/aromatic N) is 1. The summed E-state index contributed by atoms with van der Waals surface area (Å²) in [5, 5.41) is 2.79. The van der Waals surface area contributed by atoms with Crippen LogP contribution in [0.5, 0.6) is 0 Å². The maximum atomic E-state index is 13.3. The van der Waals surface area contributed by atoms with Crippen LogP contribution >= 0.6 is 0 Å². The Balaban J connectivity index is 1.39. The fraction of sp³-hybridized carbons (Fsp3) is 0.444. The number of benzene rings is 2. The summed E-state index contributed by atoms with van der Waals surface area (Å²) in [4.78, 5) is 39.2. The molecule has 1 heterocycles. The molecule has 3 N–H and O–H groups in total. The average Bonchev–Trinajstić information content (AvgIpc) is 2.91. The highest BCUT2D eigenvalue weighted by atomic mass is 19.1. The van der Waals surface area contributed by atoms with Crippen LogP contribution in [0.4, 0.5) is 9.18 Å². The molecule has 1 aliphatic carbocycles. The minimum absolute atomic E-state index is 0.00885. The van der Waals surface area contributed by atoms with Gasteiger partial charge in [0.15, 0.2) is 0 Å². The van der Waals surface area contributed by atoms with Gasteiger partial charge < -0.3 is 25.4 Å². The molecule has 0 bridgehead atoms. The molecule has 2 aliphatic rings. The van der Waals surface area contributed by atoms with E-state index in [-0.39, 0.29) is 30.4 Å². The van der Waals surface area contributed by atoms with Gasteiger partial charge in [-0.3, -0.25) is 9.59 Å². The van der Waals surface area contributed by atoms with E-state index < -0.39 is 17.8 Å². The smallest absolute Gasteiger partial charge is 0.410 e. The van der Waals surface area contributed by atoms with Crippen LogP contribution in [0.25, 0.3) is 0 Å². The van der Waals surface area contributed by atoms with E-state index in [1.807, 2.05) is 24.3 Å². The van der Waals surface area contributed by atoms with Crippen LogP contribution in [0.2, 0.25) is 0 Å². The Kier molecular flexibility index (Phi) is 8.53. The van der Waals surface area contributed by atoms with Crippen molar-refractivity contribution in [1.82, 2.24) is 10.2 Å². The highest BCUT2D eigenvalue weighted by Crippen LogP contribution is 2.38. The highest BCUT2D eigenvalue weighted by Gasteiger charge is 2.34. The number of primary amides is 1. The summed E-state index contributed by atoms with van der Waals surface area (Å²) in [5.41, 5.74) is 7.88. The lowest BCUT2D eigenvalue weighted by Gasteiger charge is -2.32. The van der Waals surface area contributed by atoms with Crippen molar-refractivity contribution in [3.8, 4) is 0 Å². The molecule has 9 heteroatoms. The number of nitrogens with one attached hydrogen (secondary N) is 1. The molecule has 8 nitrogen and oxygen atoms in total. The van der Waals surface area contributed by atoms with Crippen molar-refractivity contribution < 1.29 is 28.2 Å². The Morgan fingerprint density at radius 3 is 2.36 bits per heavy atom. The van der Waals surface area contributed by atoms with Gasteiger partial charge in [0.25, 0.3) is 0 Å². The summed E-state index contributed by atoms with van der Waals surface area (Å²) >= 11 is 0. The van der Waals surface area contributed by atoms with Crippen molar-refractivity contribution in [2.45, 2.75) is 44.2 Å². The van der Waals surface area contributed by atoms with Gasteiger partial charge in [-0.15, -0.1) is 0 Å². The number of carbonyl (C=O) groups is 3. The van der Waals surface area contributed by atoms with Crippen molar-refractivity contribution in [3.63, 3.8) is 0 Å². The molecular weight excluding hydrogens is 465 g/mol. The number of carbonyl (C=O) groups excluding carboxylic acids is 3. The second kappa shape index (κ2) is 12.0. The van der Waals surface area contributed by atoms with Crippen molar-refractivity contribution in [2.24, 2.45) is 11.7 Å². The van der Waals surface area contributed by atoms with E-state index in [9.17, 15) is 18.8 Å². The molecule has 1 saturated heterocycles. The fourth-order valence-electron chi connectivity index (χ4n) is 4.91. The quantitative estimate of drug-likeness (QED) is 0.609. The van der Waals surface area contributed by atoms with E-state index in [0.717, 1.165) is 30.4 Å². The van der Waals surface area contributed by atoms with Gasteiger partial charge in [-0.25, -0.2) is 9.18 Å². The molecule has 2 aromatic rings. The largest absolute Gasteiger partial charge is 0.445 e. The van der Waals surface area contributed by atoms with Crippen LogP contribution in [0.15, 0.2) is 48.5 Å². The molecule has 2 aromatic carbocycles. The fourth-order valence-corrected chi connectivity index (χ4v) is 4.91. The first-order valence-corrected chi connectivity index (χ1v) is 12.4. The lowest BCUT2D eigenvalue weighted by Crippen LogP contribution is -2.42. The summed E-state index contributed by atoms with van der Waals surface area (Å²) in [7, 11) is 0. The van der Waals surface area contributed by atoms with Crippen molar-refractivity contribution in [1.29, 1.82) is 0 Å². The molecule has 2 fully saturated rings. The predicted molar refractivity (Wildman–Crippen MR) is 130 cm³/mol. The summed E-state index contributed by atoms with van der Waals surface area (Å²) in [6, 6.07) is 12.1. The number of nitrogens with two attached hydrogens (primary N) is 1. The van der Waals surface area contributed by atoms with Gasteiger partial charge in [0.2, 0.25) is 11.8 Å². The first kappa shape index (κ1) is 25.6. The third-order valence-electron chi connectivity index (χ3n) is 6.92. The van der Waals surface area contributed by atoms with E-state index >= 15 is 0 Å². The molecule has 1 saturated carbocycles. The molecule has 36 heavy (non-hydrogen) atoms. The Bertz CT molecular complexity index is 1050. The molecule has 192 valence electrons. The predicted octanol–water partition coefficient (Wildman–Crippen LogP) is 3.41. The highest BCUT2D eigenvalue weighted by molar-refractivity contribution is 5.89. The molecule has 3 atom stereocenters. The zero-order valence-corrected chi connectivity index (χ0v) is 20.2. The Morgan fingerprint density at radius 2 is 1.69 bits per heavy atom. The normalized spacial score (nSPS) is 20.9. The van der Waals surface area contributed by atoms with Gasteiger partial charge in [0.1, 0.15) is 18.5 Å². The maximum Gasteiger partial charge on any atom is 0.410 e. The summed E-state index contributed by atoms with van der Waals surface area (Å²) in [6.07, 6.45) is 3.12. The molecule has 3 amide bonds. The van der Waals surface area contributed by atoms with Crippen LogP contribution in [-0.2, 0) is 25.7 Å². The van der Waals surface area contributed by atoms with E-state index in [0.29, 0.717) is 38.3 Å². The molecule has 0 spiro atoms. The van der Waals surface area contributed by atoms with Gasteiger partial charge in [0, 0.05) is 19.0 Å². The lowest BCUT2D eigenvalue weighted by molar-refractivity contribution is -0.131. The van der Waals surface area contributed by atoms with Crippen LogP contribution < -0.4 is 11.1 Å². The Hall–Kier alpha value is -3.46. The lowest BCUT2D eigenvalue weighted by atomic mass is 9.74. The molecule has 1 aliphatic heterocycles. The first-order chi connectivity index (χ1) is 17.4. The van der Waals surface area contributed by atoms with E-state index in [1.165, 1.54) is 24.3 Å². The van der Waals surface area contributed by atoms with Gasteiger partial charge >= 0.3 is 6.09 Å². The number of amides is 3. The van der Waals surface area contributed by atoms with Crippen LogP contribution in [0.1, 0.15) is 54.3 Å². The third kappa shape index (κ3) is 6.40. The van der Waals surface area contributed by atoms with Gasteiger partial charge in [-0.2, -0.15) is 0 Å². The number of morpholine rings is 1. The van der Waals surface area contributed by atoms with Gasteiger partial charge in [0.05, 0.1) is 13.2 Å². The first-order valence-electron chi connectivity index (χ1n) is 12.4. The van der Waals surface area contributed by atoms with E-state index in [4.69, 9.17) is 15.2 Å². The number of halogens is 1. The van der Waals surface area contributed by atoms with Crippen molar-refractivity contribution >= 4 is 17.9 Å². The SMILES string of the molecule is NC(=O)[C@@H](NC(=O)[C@@H]1CCCC[C@H]1c1ccc(COC(=O)N2CCOCC2)cc1)c1ccc(F)cc1. The summed E-state index contributed by atoms with van der Waals surface area (Å²) in [6.45, 7) is 2.26. The monoisotopic (exact) mass is 497 g/mol. The molecule has 4 rings (SSSR count). The standard InChI is InChI=1S/C27H32FN3O5/c28-21-11-9-20(10-12-21)24(25(29)32)30-26(33)23-4-2-1-3-22(23)19-7-5-18(6-8-19)17-36-27(34)31-13-15-35-16-14-31/h5-12,22-24H,1-4,13-17H2,(H2,29,32)(H,30,33)/t22-,23+,24-/m0/s1. The summed E-state index contributed by atoms with van der Waals surface area (Å²) < 4.78 is 24.0. The van der Waals surface area contributed by atoms with E-state index in [1.54, 1.807) is 4.90 Å². The summed E-state index contributed by atoms with van der Waals surface area (Å²) in [5.74, 6) is -1.69. The molecule has 0 radical (unpaired) electrons. The van der Waals surface area contributed by atoms with Crippen molar-refractivity contribution in [2.75, 3.05) is 26.3 Å². The topological polar surface area (TPSA) is 111 Å². The maximum absolute atomic E-state index is 13.3. The second-order valence-corrected chi connectivity index (χ2v) is 9.29. The zero-order valence-electron chi connectivity index (χ0n) is 20.2. The van der Waals surface area contributed by atoms with Crippen LogP contribution in [0.3, 0.4) is 0 Å².